The highest BCUT2D eigenvalue weighted by Crippen LogP contribution is 2.35. The Labute approximate surface area is 188 Å². The summed E-state index contributed by atoms with van der Waals surface area (Å²) in [5, 5.41) is 9.22. The number of para-hydroxylation sites is 1. The van der Waals surface area contributed by atoms with Gasteiger partial charge >= 0.3 is 0 Å². The predicted molar refractivity (Wildman–Crippen MR) is 123 cm³/mol. The smallest absolute Gasteiger partial charge is 0.282 e. The highest BCUT2D eigenvalue weighted by molar-refractivity contribution is 6.45. The maximum absolute atomic E-state index is 13.5. The number of hydrogen-bond donors (Lipinski definition) is 1. The number of rotatable bonds is 8. The largest absolute Gasteiger partial charge is 0.494 e. The van der Waals surface area contributed by atoms with Gasteiger partial charge in [0.2, 0.25) is 0 Å². The summed E-state index contributed by atoms with van der Waals surface area (Å²) < 4.78 is 5.67. The van der Waals surface area contributed by atoms with E-state index in [1.54, 1.807) is 12.1 Å². The molecule has 7 heteroatoms. The normalized spacial score (nSPS) is 17.4. The third-order valence-electron chi connectivity index (χ3n) is 5.79. The lowest BCUT2D eigenvalue weighted by Gasteiger charge is -2.36. The quantitative estimate of drug-likeness (QED) is 0.642. The first kappa shape index (κ1) is 22.0. The number of aliphatic hydroxyl groups is 1. The molecule has 2 aromatic rings. The van der Waals surface area contributed by atoms with Gasteiger partial charge in [0.25, 0.3) is 11.8 Å². The molecule has 1 fully saturated rings. The van der Waals surface area contributed by atoms with Gasteiger partial charge < -0.3 is 14.7 Å². The van der Waals surface area contributed by atoms with Crippen LogP contribution in [-0.4, -0.2) is 72.7 Å². The SMILES string of the molecule is CCCOc1ccc(C2=C(N3CCN(CCO)CC3)C(=O)N(c3ccccc3)C2=O)cc1. The molecule has 0 radical (unpaired) electrons. The van der Waals surface area contributed by atoms with E-state index in [0.717, 1.165) is 25.3 Å². The maximum atomic E-state index is 13.5. The fourth-order valence-electron chi connectivity index (χ4n) is 4.16. The number of ether oxygens (including phenoxy) is 1. The number of carbonyl (C=O) groups excluding carboxylic acids is 2. The minimum absolute atomic E-state index is 0.111. The fraction of sp³-hybridized carbons (Fsp3) is 0.360. The van der Waals surface area contributed by atoms with Crippen LogP contribution < -0.4 is 9.64 Å². The number of carbonyl (C=O) groups is 2. The van der Waals surface area contributed by atoms with E-state index in [-0.39, 0.29) is 18.4 Å². The van der Waals surface area contributed by atoms with Gasteiger partial charge in [-0.25, -0.2) is 4.90 Å². The molecule has 0 spiro atoms. The molecular weight excluding hydrogens is 406 g/mol. The Kier molecular flexibility index (Phi) is 6.87. The zero-order chi connectivity index (χ0) is 22.5. The molecule has 0 bridgehead atoms. The molecule has 4 rings (SSSR count). The van der Waals surface area contributed by atoms with Crippen LogP contribution in [0.2, 0.25) is 0 Å². The van der Waals surface area contributed by atoms with Crippen LogP contribution in [0, 0.1) is 0 Å². The van der Waals surface area contributed by atoms with Crippen LogP contribution in [0.5, 0.6) is 5.75 Å². The van der Waals surface area contributed by atoms with E-state index in [2.05, 4.69) is 4.90 Å². The lowest BCUT2D eigenvalue weighted by molar-refractivity contribution is -0.120. The van der Waals surface area contributed by atoms with Crippen molar-refractivity contribution < 1.29 is 19.4 Å². The van der Waals surface area contributed by atoms with Crippen molar-refractivity contribution in [3.05, 3.63) is 65.9 Å². The molecule has 2 amide bonds. The van der Waals surface area contributed by atoms with Gasteiger partial charge in [0.1, 0.15) is 11.4 Å². The van der Waals surface area contributed by atoms with Crippen LogP contribution in [0.3, 0.4) is 0 Å². The molecule has 2 aromatic carbocycles. The maximum Gasteiger partial charge on any atom is 0.282 e. The summed E-state index contributed by atoms with van der Waals surface area (Å²) in [5.41, 5.74) is 2.15. The molecule has 32 heavy (non-hydrogen) atoms. The van der Waals surface area contributed by atoms with Crippen LogP contribution in [0.15, 0.2) is 60.3 Å². The minimum Gasteiger partial charge on any atom is -0.494 e. The summed E-state index contributed by atoms with van der Waals surface area (Å²) >= 11 is 0. The van der Waals surface area contributed by atoms with Gasteiger partial charge in [-0.15, -0.1) is 0 Å². The number of piperazine rings is 1. The number of hydrogen-bond acceptors (Lipinski definition) is 6. The highest BCUT2D eigenvalue weighted by Gasteiger charge is 2.42. The fourth-order valence-corrected chi connectivity index (χ4v) is 4.16. The second kappa shape index (κ2) is 9.97. The number of anilines is 1. The Balaban J connectivity index is 1.69. The van der Waals surface area contributed by atoms with Crippen LogP contribution in [-0.2, 0) is 9.59 Å². The molecule has 0 aromatic heterocycles. The molecule has 2 aliphatic heterocycles. The van der Waals surface area contributed by atoms with Gasteiger partial charge in [-0.1, -0.05) is 37.3 Å². The predicted octanol–water partition coefficient (Wildman–Crippen LogP) is 2.37. The Hall–Kier alpha value is -3.16. The van der Waals surface area contributed by atoms with E-state index in [1.165, 1.54) is 4.90 Å². The standard InChI is InChI=1S/C25H29N3O4/c1-2-18-32-21-10-8-19(9-11-21)22-23(27-14-12-26(13-15-27)16-17-29)25(31)28(24(22)30)20-6-4-3-5-7-20/h3-11,29H,2,12-18H2,1H3. The minimum atomic E-state index is -0.309. The van der Waals surface area contributed by atoms with Crippen molar-refractivity contribution in [3.8, 4) is 5.75 Å². The Bertz CT molecular complexity index is 980. The van der Waals surface area contributed by atoms with E-state index >= 15 is 0 Å². The molecule has 0 saturated carbocycles. The second-order valence-electron chi connectivity index (χ2n) is 7.93. The zero-order valence-electron chi connectivity index (χ0n) is 18.4. The number of amides is 2. The van der Waals surface area contributed by atoms with Gasteiger partial charge in [-0.05, 0) is 36.2 Å². The molecule has 2 aliphatic rings. The van der Waals surface area contributed by atoms with E-state index in [0.29, 0.717) is 48.8 Å². The third-order valence-corrected chi connectivity index (χ3v) is 5.79. The molecule has 1 saturated heterocycles. The molecule has 0 aliphatic carbocycles. The average molecular weight is 436 g/mol. The number of aliphatic hydroxyl groups excluding tert-OH is 1. The van der Waals surface area contributed by atoms with Crippen LogP contribution in [0.1, 0.15) is 18.9 Å². The topological polar surface area (TPSA) is 73.3 Å². The summed E-state index contributed by atoms with van der Waals surface area (Å²) in [5.74, 6) is 0.140. The lowest BCUT2D eigenvalue weighted by Crippen LogP contribution is -2.48. The van der Waals surface area contributed by atoms with Crippen molar-refractivity contribution >= 4 is 23.1 Å². The van der Waals surface area contributed by atoms with E-state index in [4.69, 9.17) is 4.74 Å². The van der Waals surface area contributed by atoms with Gasteiger partial charge in [-0.3, -0.25) is 14.5 Å². The summed E-state index contributed by atoms with van der Waals surface area (Å²) in [6.45, 7) is 6.11. The van der Waals surface area contributed by atoms with Crippen molar-refractivity contribution in [2.75, 3.05) is 50.8 Å². The summed E-state index contributed by atoms with van der Waals surface area (Å²) in [4.78, 5) is 32.5. The first-order valence-electron chi connectivity index (χ1n) is 11.1. The summed E-state index contributed by atoms with van der Waals surface area (Å²) in [6, 6.07) is 16.4. The molecule has 168 valence electrons. The molecular formula is C25H29N3O4. The van der Waals surface area contributed by atoms with Crippen molar-refractivity contribution in [2.24, 2.45) is 0 Å². The molecule has 1 N–H and O–H groups in total. The number of β-amino-alcohol motifs (C(OH)–C–C–N with tert-alkyl or cyclic N) is 1. The van der Waals surface area contributed by atoms with Crippen LogP contribution in [0.4, 0.5) is 5.69 Å². The second-order valence-corrected chi connectivity index (χ2v) is 7.93. The van der Waals surface area contributed by atoms with Crippen molar-refractivity contribution in [2.45, 2.75) is 13.3 Å². The molecule has 2 heterocycles. The van der Waals surface area contributed by atoms with Crippen LogP contribution in [0.25, 0.3) is 5.57 Å². The van der Waals surface area contributed by atoms with Gasteiger partial charge in [0, 0.05) is 32.7 Å². The van der Waals surface area contributed by atoms with Crippen molar-refractivity contribution in [3.63, 3.8) is 0 Å². The van der Waals surface area contributed by atoms with E-state index in [1.807, 2.05) is 54.3 Å². The highest BCUT2D eigenvalue weighted by atomic mass is 16.5. The van der Waals surface area contributed by atoms with Gasteiger partial charge in [0.05, 0.1) is 24.5 Å². The monoisotopic (exact) mass is 435 g/mol. The van der Waals surface area contributed by atoms with Gasteiger partial charge in [0.15, 0.2) is 0 Å². The summed E-state index contributed by atoms with van der Waals surface area (Å²) in [7, 11) is 0. The van der Waals surface area contributed by atoms with Gasteiger partial charge in [-0.2, -0.15) is 0 Å². The molecule has 0 atom stereocenters. The third kappa shape index (κ3) is 4.40. The van der Waals surface area contributed by atoms with Crippen molar-refractivity contribution in [1.82, 2.24) is 9.80 Å². The van der Waals surface area contributed by atoms with E-state index in [9.17, 15) is 14.7 Å². The zero-order valence-corrected chi connectivity index (χ0v) is 18.4. The molecule has 0 unspecified atom stereocenters. The van der Waals surface area contributed by atoms with Crippen molar-refractivity contribution in [1.29, 1.82) is 0 Å². The number of imide groups is 1. The first-order chi connectivity index (χ1) is 15.6. The Morgan fingerprint density at radius 1 is 0.906 bits per heavy atom. The average Bonchev–Trinajstić information content (AvgIpc) is 3.09. The molecule has 7 nitrogen and oxygen atoms in total. The lowest BCUT2D eigenvalue weighted by atomic mass is 10.0. The Morgan fingerprint density at radius 3 is 2.22 bits per heavy atom. The number of nitrogens with zero attached hydrogens (tertiary/aromatic N) is 3. The summed E-state index contributed by atoms with van der Waals surface area (Å²) in [6.07, 6.45) is 0.915. The first-order valence-corrected chi connectivity index (χ1v) is 11.1. The van der Waals surface area contributed by atoms with E-state index < -0.39 is 0 Å². The Morgan fingerprint density at radius 2 is 1.59 bits per heavy atom. The van der Waals surface area contributed by atoms with Crippen LogP contribution >= 0.6 is 0 Å². The number of benzene rings is 2.